The maximum atomic E-state index is 13.3. The molecule has 3 rings (SSSR count). The van der Waals surface area contributed by atoms with Gasteiger partial charge in [0.25, 0.3) is 11.8 Å². The quantitative estimate of drug-likeness (QED) is 0.668. The van der Waals surface area contributed by atoms with E-state index in [4.69, 9.17) is 0 Å². The molecule has 0 aliphatic rings. The summed E-state index contributed by atoms with van der Waals surface area (Å²) in [4.78, 5) is 28.9. The van der Waals surface area contributed by atoms with E-state index in [-0.39, 0.29) is 11.3 Å². The van der Waals surface area contributed by atoms with E-state index in [0.717, 1.165) is 0 Å². The minimum absolute atomic E-state index is 0.111. The second kappa shape index (κ2) is 8.43. The lowest BCUT2D eigenvalue weighted by Gasteiger charge is -2.09. The van der Waals surface area contributed by atoms with Crippen LogP contribution in [0.3, 0.4) is 0 Å². The average molecular weight is 377 g/mol. The zero-order valence-electron chi connectivity index (χ0n) is 15.6. The number of carbonyl (C=O) groups is 2. The Balaban J connectivity index is 1.71. The molecular weight excluding hydrogens is 357 g/mol. The van der Waals surface area contributed by atoms with Gasteiger partial charge >= 0.3 is 0 Å². The van der Waals surface area contributed by atoms with E-state index in [2.05, 4.69) is 29.5 Å². The molecule has 0 bridgehead atoms. The monoisotopic (exact) mass is 377 g/mol. The maximum absolute atomic E-state index is 13.3. The number of nitrogens with zero attached hydrogens (tertiary/aromatic N) is 1. The molecule has 2 aromatic carbocycles. The van der Waals surface area contributed by atoms with Crippen LogP contribution >= 0.6 is 0 Å². The third-order valence-electron chi connectivity index (χ3n) is 4.17. The molecule has 0 aliphatic carbocycles. The predicted octanol–water partition coefficient (Wildman–Crippen LogP) is 4.85. The number of amides is 2. The molecule has 0 fully saturated rings. The number of benzene rings is 2. The number of hydrogen-bond donors (Lipinski definition) is 2. The zero-order valence-corrected chi connectivity index (χ0v) is 15.6. The van der Waals surface area contributed by atoms with E-state index in [9.17, 15) is 14.0 Å². The van der Waals surface area contributed by atoms with Crippen molar-refractivity contribution < 1.29 is 14.0 Å². The van der Waals surface area contributed by atoms with Crippen LogP contribution < -0.4 is 10.6 Å². The van der Waals surface area contributed by atoms with E-state index < -0.39 is 17.6 Å². The van der Waals surface area contributed by atoms with Crippen molar-refractivity contribution in [2.24, 2.45) is 0 Å². The first kappa shape index (κ1) is 19.2. The average Bonchev–Trinajstić information content (AvgIpc) is 2.68. The van der Waals surface area contributed by atoms with E-state index in [0.29, 0.717) is 17.3 Å². The second-order valence-corrected chi connectivity index (χ2v) is 6.63. The number of nitrogens with one attached hydrogen (secondary N) is 2. The Kier molecular flexibility index (Phi) is 5.79. The van der Waals surface area contributed by atoms with Crippen LogP contribution in [0.1, 0.15) is 46.2 Å². The number of hydrogen-bond acceptors (Lipinski definition) is 3. The van der Waals surface area contributed by atoms with Crippen LogP contribution in [0.2, 0.25) is 0 Å². The number of rotatable bonds is 5. The number of halogens is 1. The van der Waals surface area contributed by atoms with Crippen molar-refractivity contribution in [2.45, 2.75) is 19.8 Å². The summed E-state index contributed by atoms with van der Waals surface area (Å²) >= 11 is 0. The molecule has 142 valence electrons. The molecule has 0 spiro atoms. The summed E-state index contributed by atoms with van der Waals surface area (Å²) in [7, 11) is 0. The molecule has 2 amide bonds. The molecule has 1 heterocycles. The van der Waals surface area contributed by atoms with Gasteiger partial charge in [-0.15, -0.1) is 0 Å². The molecule has 0 saturated carbocycles. The van der Waals surface area contributed by atoms with Gasteiger partial charge < -0.3 is 10.6 Å². The molecule has 3 aromatic rings. The molecule has 2 N–H and O–H groups in total. The maximum Gasteiger partial charge on any atom is 0.274 e. The number of anilines is 2. The Hall–Kier alpha value is -3.54. The Morgan fingerprint density at radius 2 is 1.61 bits per heavy atom. The molecule has 5 nitrogen and oxygen atoms in total. The minimum atomic E-state index is -0.455. The SMILES string of the molecule is CC(C)c1ccc(NC(=O)c2cc(C(=O)Nc3cccc(F)c3)ccn2)cc1. The molecule has 6 heteroatoms. The van der Waals surface area contributed by atoms with Crippen LogP contribution in [-0.2, 0) is 0 Å². The van der Waals surface area contributed by atoms with Gasteiger partial charge in [-0.25, -0.2) is 4.39 Å². The predicted molar refractivity (Wildman–Crippen MR) is 107 cm³/mol. The van der Waals surface area contributed by atoms with Gasteiger partial charge in [-0.3, -0.25) is 14.6 Å². The molecule has 0 radical (unpaired) electrons. The first-order chi connectivity index (χ1) is 13.4. The molecule has 1 aromatic heterocycles. The van der Waals surface area contributed by atoms with E-state index in [1.54, 1.807) is 6.07 Å². The normalized spacial score (nSPS) is 10.6. The Labute approximate surface area is 162 Å². The summed E-state index contributed by atoms with van der Waals surface area (Å²) in [5, 5.41) is 5.36. The van der Waals surface area contributed by atoms with Crippen molar-refractivity contribution in [3.05, 3.63) is 89.5 Å². The van der Waals surface area contributed by atoms with Crippen LogP contribution in [0, 0.1) is 5.82 Å². The van der Waals surface area contributed by atoms with Crippen molar-refractivity contribution in [2.75, 3.05) is 10.6 Å². The van der Waals surface area contributed by atoms with Crippen molar-refractivity contribution in [1.82, 2.24) is 4.98 Å². The zero-order chi connectivity index (χ0) is 20.1. The second-order valence-electron chi connectivity index (χ2n) is 6.63. The highest BCUT2D eigenvalue weighted by Crippen LogP contribution is 2.18. The van der Waals surface area contributed by atoms with Crippen LogP contribution in [0.25, 0.3) is 0 Å². The van der Waals surface area contributed by atoms with Gasteiger partial charge in [-0.2, -0.15) is 0 Å². The molecule has 28 heavy (non-hydrogen) atoms. The fourth-order valence-corrected chi connectivity index (χ4v) is 2.61. The molecule has 0 atom stereocenters. The Morgan fingerprint density at radius 1 is 0.893 bits per heavy atom. The lowest BCUT2D eigenvalue weighted by molar-refractivity contribution is 0.102. The third kappa shape index (κ3) is 4.79. The lowest BCUT2D eigenvalue weighted by Crippen LogP contribution is -2.17. The van der Waals surface area contributed by atoms with Crippen molar-refractivity contribution in [3.63, 3.8) is 0 Å². The standard InChI is InChI=1S/C22H20FN3O2/c1-14(2)15-6-8-18(9-7-15)25-22(28)20-12-16(10-11-24-20)21(27)26-19-5-3-4-17(23)13-19/h3-14H,1-2H3,(H,25,28)(H,26,27). The summed E-state index contributed by atoms with van der Waals surface area (Å²) in [6, 6.07) is 16.0. The Morgan fingerprint density at radius 3 is 2.29 bits per heavy atom. The number of aromatic nitrogens is 1. The van der Waals surface area contributed by atoms with E-state index in [1.165, 1.54) is 42.1 Å². The van der Waals surface area contributed by atoms with E-state index in [1.807, 2.05) is 24.3 Å². The first-order valence-electron chi connectivity index (χ1n) is 8.86. The minimum Gasteiger partial charge on any atom is -0.322 e. The summed E-state index contributed by atoms with van der Waals surface area (Å²) in [6.07, 6.45) is 1.39. The van der Waals surface area contributed by atoms with Gasteiger partial charge in [-0.1, -0.05) is 32.0 Å². The molecule has 0 aliphatic heterocycles. The van der Waals surface area contributed by atoms with Gasteiger partial charge in [0.05, 0.1) is 0 Å². The number of pyridine rings is 1. The highest BCUT2D eigenvalue weighted by molar-refractivity contribution is 6.07. The van der Waals surface area contributed by atoms with Crippen molar-refractivity contribution in [1.29, 1.82) is 0 Å². The topological polar surface area (TPSA) is 71.1 Å². The van der Waals surface area contributed by atoms with Gasteiger partial charge in [-0.05, 0) is 53.9 Å². The summed E-state index contributed by atoms with van der Waals surface area (Å²) in [5.74, 6) is -0.920. The highest BCUT2D eigenvalue weighted by Gasteiger charge is 2.13. The van der Waals surface area contributed by atoms with Crippen LogP contribution in [0.15, 0.2) is 66.9 Å². The first-order valence-corrected chi connectivity index (χ1v) is 8.86. The summed E-state index contributed by atoms with van der Waals surface area (Å²) in [5.41, 5.74) is 2.51. The van der Waals surface area contributed by atoms with Crippen LogP contribution in [0.4, 0.5) is 15.8 Å². The van der Waals surface area contributed by atoms with Gasteiger partial charge in [0.1, 0.15) is 11.5 Å². The van der Waals surface area contributed by atoms with Crippen LogP contribution in [-0.4, -0.2) is 16.8 Å². The lowest BCUT2D eigenvalue weighted by atomic mass is 10.0. The Bertz CT molecular complexity index is 1000. The summed E-state index contributed by atoms with van der Waals surface area (Å²) in [6.45, 7) is 4.19. The van der Waals surface area contributed by atoms with E-state index >= 15 is 0 Å². The van der Waals surface area contributed by atoms with Crippen molar-refractivity contribution >= 4 is 23.2 Å². The molecule has 0 unspecified atom stereocenters. The summed E-state index contributed by atoms with van der Waals surface area (Å²) < 4.78 is 13.3. The van der Waals surface area contributed by atoms with Gasteiger partial charge in [0.15, 0.2) is 0 Å². The fourth-order valence-electron chi connectivity index (χ4n) is 2.61. The largest absolute Gasteiger partial charge is 0.322 e. The molecule has 0 saturated heterocycles. The molecular formula is C22H20FN3O2. The van der Waals surface area contributed by atoms with Crippen molar-refractivity contribution in [3.8, 4) is 0 Å². The van der Waals surface area contributed by atoms with Gasteiger partial charge in [0, 0.05) is 23.1 Å². The fraction of sp³-hybridized carbons (Fsp3) is 0.136. The van der Waals surface area contributed by atoms with Crippen LogP contribution in [0.5, 0.6) is 0 Å². The van der Waals surface area contributed by atoms with Gasteiger partial charge in [0.2, 0.25) is 0 Å². The smallest absolute Gasteiger partial charge is 0.274 e. The number of carbonyl (C=O) groups excluding carboxylic acids is 2. The highest BCUT2D eigenvalue weighted by atomic mass is 19.1. The third-order valence-corrected chi connectivity index (χ3v) is 4.17.